The van der Waals surface area contributed by atoms with Gasteiger partial charge in [-0.25, -0.2) is 4.98 Å². The van der Waals surface area contributed by atoms with Gasteiger partial charge in [0.15, 0.2) is 0 Å². The second-order valence-electron chi connectivity index (χ2n) is 4.58. The Morgan fingerprint density at radius 3 is 2.76 bits per heavy atom. The highest BCUT2D eigenvalue weighted by Gasteiger charge is 2.33. The number of benzene rings is 1. The highest BCUT2D eigenvalue weighted by atomic mass is 79.9. The van der Waals surface area contributed by atoms with E-state index in [1.54, 1.807) is 12.3 Å². The van der Waals surface area contributed by atoms with Gasteiger partial charge >= 0.3 is 6.18 Å². The maximum atomic E-state index is 12.8. The van der Waals surface area contributed by atoms with E-state index in [2.05, 4.69) is 33.2 Å². The zero-order valence-corrected chi connectivity index (χ0v) is 13.0. The number of alkyl halides is 3. The fourth-order valence-corrected chi connectivity index (χ4v) is 2.46. The van der Waals surface area contributed by atoms with Crippen molar-refractivity contribution in [1.82, 2.24) is 9.55 Å². The van der Waals surface area contributed by atoms with E-state index in [0.29, 0.717) is 12.2 Å². The second kappa shape index (κ2) is 6.51. The molecule has 0 spiro atoms. The van der Waals surface area contributed by atoms with Gasteiger partial charge in [0.2, 0.25) is 0 Å². The molecule has 0 atom stereocenters. The third-order valence-electron chi connectivity index (χ3n) is 2.99. The summed E-state index contributed by atoms with van der Waals surface area (Å²) in [6, 6.07) is 4.09. The maximum absolute atomic E-state index is 12.8. The van der Waals surface area contributed by atoms with Crippen LogP contribution in [0.1, 0.15) is 24.7 Å². The van der Waals surface area contributed by atoms with Crippen LogP contribution in [0, 0.1) is 0 Å². The van der Waals surface area contributed by atoms with Gasteiger partial charge in [0.25, 0.3) is 0 Å². The molecule has 2 rings (SSSR count). The van der Waals surface area contributed by atoms with Crippen molar-refractivity contribution in [2.24, 2.45) is 0 Å². The molecule has 0 radical (unpaired) electrons. The Kier molecular flexibility index (Phi) is 4.92. The van der Waals surface area contributed by atoms with Crippen molar-refractivity contribution in [2.75, 3.05) is 5.32 Å². The number of anilines is 1. The number of imidazole rings is 1. The third kappa shape index (κ3) is 4.00. The van der Waals surface area contributed by atoms with Crippen LogP contribution >= 0.6 is 15.9 Å². The number of nitrogens with zero attached hydrogens (tertiary/aromatic N) is 2. The Labute approximate surface area is 129 Å². The Morgan fingerprint density at radius 1 is 1.33 bits per heavy atom. The number of hydrogen-bond acceptors (Lipinski definition) is 2. The van der Waals surface area contributed by atoms with Crippen LogP contribution in [-0.2, 0) is 19.3 Å². The molecule has 3 nitrogen and oxygen atoms in total. The van der Waals surface area contributed by atoms with Gasteiger partial charge in [-0.3, -0.25) is 0 Å². The molecule has 0 amide bonds. The average Bonchev–Trinajstić information content (AvgIpc) is 2.84. The van der Waals surface area contributed by atoms with Crippen LogP contribution in [0.3, 0.4) is 0 Å². The van der Waals surface area contributed by atoms with Crippen LogP contribution in [0.15, 0.2) is 35.1 Å². The largest absolute Gasteiger partial charge is 0.417 e. The van der Waals surface area contributed by atoms with E-state index in [1.807, 2.05) is 10.8 Å². The standard InChI is InChI=1S/C14H15BrF3N3/c1-2-6-21-7-5-19-13(21)9-20-10-3-4-12(15)11(8-10)14(16,17)18/h3-5,7-8,20H,2,6,9H2,1H3. The van der Waals surface area contributed by atoms with E-state index in [1.165, 1.54) is 6.07 Å². The van der Waals surface area contributed by atoms with Crippen molar-refractivity contribution in [3.05, 3.63) is 46.5 Å². The van der Waals surface area contributed by atoms with E-state index in [-0.39, 0.29) is 4.47 Å². The van der Waals surface area contributed by atoms with E-state index in [4.69, 9.17) is 0 Å². The Bertz CT molecular complexity index is 608. The molecule has 7 heteroatoms. The van der Waals surface area contributed by atoms with Gasteiger partial charge in [0, 0.05) is 29.1 Å². The first kappa shape index (κ1) is 15.9. The van der Waals surface area contributed by atoms with Gasteiger partial charge in [-0.2, -0.15) is 13.2 Å². The summed E-state index contributed by atoms with van der Waals surface area (Å²) in [7, 11) is 0. The SMILES string of the molecule is CCCn1ccnc1CNc1ccc(Br)c(C(F)(F)F)c1. The molecular formula is C14H15BrF3N3. The molecule has 1 heterocycles. The van der Waals surface area contributed by atoms with Crippen LogP contribution in [0.2, 0.25) is 0 Å². The van der Waals surface area contributed by atoms with Crippen molar-refractivity contribution in [3.8, 4) is 0 Å². The minimum atomic E-state index is -4.38. The summed E-state index contributed by atoms with van der Waals surface area (Å²) >= 11 is 2.92. The van der Waals surface area contributed by atoms with Gasteiger partial charge in [0.1, 0.15) is 5.82 Å². The first-order chi connectivity index (χ1) is 9.91. The van der Waals surface area contributed by atoms with Crippen LogP contribution in [-0.4, -0.2) is 9.55 Å². The van der Waals surface area contributed by atoms with Crippen molar-refractivity contribution in [3.63, 3.8) is 0 Å². The summed E-state index contributed by atoms with van der Waals surface area (Å²) in [6.07, 6.45) is 0.149. The highest BCUT2D eigenvalue weighted by molar-refractivity contribution is 9.10. The second-order valence-corrected chi connectivity index (χ2v) is 5.44. The predicted octanol–water partition coefficient (Wildman–Crippen LogP) is 4.69. The quantitative estimate of drug-likeness (QED) is 0.837. The fraction of sp³-hybridized carbons (Fsp3) is 0.357. The van der Waals surface area contributed by atoms with Gasteiger partial charge in [-0.05, 0) is 24.6 Å². The molecule has 0 aliphatic carbocycles. The molecule has 0 bridgehead atoms. The summed E-state index contributed by atoms with van der Waals surface area (Å²) in [5.74, 6) is 0.799. The normalized spacial score (nSPS) is 11.7. The van der Waals surface area contributed by atoms with E-state index in [0.717, 1.165) is 24.9 Å². The molecule has 1 aromatic heterocycles. The minimum absolute atomic E-state index is 0.0352. The first-order valence-electron chi connectivity index (χ1n) is 6.52. The summed E-state index contributed by atoms with van der Waals surface area (Å²) in [4.78, 5) is 4.21. The lowest BCUT2D eigenvalue weighted by molar-refractivity contribution is -0.138. The minimum Gasteiger partial charge on any atom is -0.378 e. The number of nitrogens with one attached hydrogen (secondary N) is 1. The molecule has 0 fully saturated rings. The topological polar surface area (TPSA) is 29.9 Å². The smallest absolute Gasteiger partial charge is 0.378 e. The Morgan fingerprint density at radius 2 is 2.10 bits per heavy atom. The molecule has 21 heavy (non-hydrogen) atoms. The molecule has 0 saturated heterocycles. The van der Waals surface area contributed by atoms with Gasteiger partial charge in [-0.15, -0.1) is 0 Å². The number of rotatable bonds is 5. The fourth-order valence-electron chi connectivity index (χ4n) is 1.99. The van der Waals surface area contributed by atoms with E-state index >= 15 is 0 Å². The zero-order chi connectivity index (χ0) is 15.5. The lowest BCUT2D eigenvalue weighted by atomic mass is 10.2. The lowest BCUT2D eigenvalue weighted by Crippen LogP contribution is -2.10. The van der Waals surface area contributed by atoms with Crippen LogP contribution in [0.4, 0.5) is 18.9 Å². The average molecular weight is 362 g/mol. The van der Waals surface area contributed by atoms with Crippen LogP contribution in [0.5, 0.6) is 0 Å². The Hall–Kier alpha value is -1.50. The maximum Gasteiger partial charge on any atom is 0.417 e. The molecule has 1 aromatic carbocycles. The molecule has 1 N–H and O–H groups in total. The van der Waals surface area contributed by atoms with Gasteiger partial charge < -0.3 is 9.88 Å². The van der Waals surface area contributed by atoms with E-state index < -0.39 is 11.7 Å². The number of aromatic nitrogens is 2. The van der Waals surface area contributed by atoms with Crippen molar-refractivity contribution < 1.29 is 13.2 Å². The zero-order valence-electron chi connectivity index (χ0n) is 11.4. The van der Waals surface area contributed by atoms with Crippen LogP contribution in [0.25, 0.3) is 0 Å². The predicted molar refractivity (Wildman–Crippen MR) is 79.0 cm³/mol. The summed E-state index contributed by atoms with van der Waals surface area (Å²) < 4.78 is 40.5. The van der Waals surface area contributed by atoms with Crippen LogP contribution < -0.4 is 5.32 Å². The first-order valence-corrected chi connectivity index (χ1v) is 7.31. The molecule has 0 unspecified atom stereocenters. The molecule has 0 aliphatic rings. The molecular weight excluding hydrogens is 347 g/mol. The van der Waals surface area contributed by atoms with Gasteiger partial charge in [0.05, 0.1) is 12.1 Å². The summed E-state index contributed by atoms with van der Waals surface area (Å²) in [6.45, 7) is 3.28. The highest BCUT2D eigenvalue weighted by Crippen LogP contribution is 2.36. The molecule has 0 aliphatic heterocycles. The number of hydrogen-bond donors (Lipinski definition) is 1. The summed E-state index contributed by atoms with van der Waals surface area (Å²) in [5.41, 5.74) is -0.277. The van der Waals surface area contributed by atoms with Crippen molar-refractivity contribution in [2.45, 2.75) is 32.6 Å². The number of halogens is 4. The van der Waals surface area contributed by atoms with Crippen molar-refractivity contribution in [1.29, 1.82) is 0 Å². The molecule has 114 valence electrons. The molecule has 2 aromatic rings. The summed E-state index contributed by atoms with van der Waals surface area (Å²) in [5, 5.41) is 2.98. The monoisotopic (exact) mass is 361 g/mol. The van der Waals surface area contributed by atoms with Gasteiger partial charge in [-0.1, -0.05) is 22.9 Å². The number of aryl methyl sites for hydroxylation is 1. The van der Waals surface area contributed by atoms with E-state index in [9.17, 15) is 13.2 Å². The van der Waals surface area contributed by atoms with Crippen molar-refractivity contribution >= 4 is 21.6 Å². The lowest BCUT2D eigenvalue weighted by Gasteiger charge is -2.13. The third-order valence-corrected chi connectivity index (χ3v) is 3.68. The Balaban J connectivity index is 2.12. The molecule has 0 saturated carbocycles.